The van der Waals surface area contributed by atoms with Crippen LogP contribution in [0.15, 0.2) is 22.3 Å². The molecule has 0 bridgehead atoms. The zero-order valence-corrected chi connectivity index (χ0v) is 75.4. The molecule has 14 fully saturated rings. The van der Waals surface area contributed by atoms with Crippen molar-refractivity contribution in [2.75, 3.05) is 14.1 Å². The van der Waals surface area contributed by atoms with Crippen molar-refractivity contribution >= 4 is 101 Å². The van der Waals surface area contributed by atoms with Crippen molar-refractivity contribution in [1.82, 2.24) is 73.6 Å². The van der Waals surface area contributed by atoms with Gasteiger partial charge in [-0.3, -0.25) is 95.6 Å². The number of hydrogen-bond acceptors (Lipinski definition) is 38. The fraction of sp³-hybridized carbons (Fsp3) is 0.873. The Morgan fingerprint density at radius 2 is 0.800 bits per heavy atom. The van der Waals surface area contributed by atoms with Crippen LogP contribution in [0.3, 0.4) is 0 Å². The van der Waals surface area contributed by atoms with Crippen LogP contribution >= 0.6 is 36.1 Å². The molecule has 4 aliphatic heterocycles. The molecule has 12 aliphatic carbocycles. The number of Topliss-reactive ketones (excluding diaryl/α,β-unsaturated/α-hetero) is 4. The van der Waals surface area contributed by atoms with Crippen molar-refractivity contribution in [3.8, 4) is 0 Å². The number of likely N-dealkylation sites (N-methyl/N-ethyl adjacent to an activating group) is 2. The summed E-state index contributed by atoms with van der Waals surface area (Å²) in [5, 5.41) is 76.3. The highest BCUT2D eigenvalue weighted by atomic mass is 32.2. The Balaban J connectivity index is 0.521. The van der Waals surface area contributed by atoms with E-state index in [0.29, 0.717) is 125 Å². The fourth-order valence-corrected chi connectivity index (χ4v) is 31.8. The van der Waals surface area contributed by atoms with E-state index in [1.807, 2.05) is 0 Å². The average molecular weight is 1880 g/mol. The summed E-state index contributed by atoms with van der Waals surface area (Å²) in [5.74, 6) is -5.79. The highest BCUT2D eigenvalue weighted by Gasteiger charge is 2.64. The predicted octanol–water partition coefficient (Wildman–Crippen LogP) is 2.72. The number of hydrogen-bond donors (Lipinski definition) is 20. The Labute approximate surface area is 742 Å². The van der Waals surface area contributed by atoms with E-state index in [1.54, 1.807) is 23.9 Å². The van der Waals surface area contributed by atoms with E-state index in [9.17, 15) is 63.8 Å². The molecule has 0 radical (unpaired) electrons. The van der Waals surface area contributed by atoms with Gasteiger partial charge in [-0.05, 0) is 208 Å². The first-order valence-corrected chi connectivity index (χ1v) is 52.4. The Bertz CT molecular complexity index is 4320. The molecule has 0 aromatic rings. The molecule has 16 aliphatic rings. The maximum absolute atomic E-state index is 15.3. The molecule has 30 unspecified atom stereocenters. The van der Waals surface area contributed by atoms with Crippen LogP contribution in [0.1, 0.15) is 212 Å². The number of nitrogens with one attached hydrogen (secondary N) is 12. The van der Waals surface area contributed by atoms with Crippen LogP contribution in [0.25, 0.3) is 0 Å². The molecule has 0 aromatic carbocycles. The van der Waals surface area contributed by atoms with E-state index in [-0.39, 0.29) is 108 Å². The standard InChI is InChI=1S/C79H128N16O24S6/c1-94-55-28-26-49(63-65(55)60(44-13-3-6-16-47(44)71(63)99)66(72(94)100)68(96)38-9-7-11-42(30-38)120-117-114-102)85-52-33-51(57(122-119-116-104)35-58(52)124(108,109)110)86-78-90-74(80)88-76(92-78)82-40-21-17-36(18-22-40)29-37-19-23-41(24-20-37)83-77-89-75(81)91-79(93-77)87-53-32-50(56(121-118-115-103)34-59(53)125(111,112)113)84-48-25-27-54-64-61(45-14-4-5-15-46(45)70(98)62(48)64)67(73(101)95(54)2)69(97)39-10-8-12-43(31-39)123(105,106)107/h36-59,62-65,74-79,82-93,102-104H,3-35,80-81H2,1-2H3,(H,105,106,107)(H,108,109,110)(H,111,112,113). The smallest absolute Gasteiger partial charge is 0.269 e. The molecular weight excluding hydrogens is 1750 g/mol. The van der Waals surface area contributed by atoms with Crippen molar-refractivity contribution in [2.24, 2.45) is 82.5 Å². The minimum absolute atomic E-state index is 0.0288. The molecule has 40 nitrogen and oxygen atoms in total. The summed E-state index contributed by atoms with van der Waals surface area (Å²) in [4.78, 5) is 93.3. The van der Waals surface area contributed by atoms with Crippen molar-refractivity contribution in [1.29, 1.82) is 0 Å². The fourth-order valence-electron chi connectivity index (χ4n) is 26.3. The third-order valence-corrected chi connectivity index (χ3v) is 38.4. The van der Waals surface area contributed by atoms with Gasteiger partial charge in [-0.2, -0.15) is 25.3 Å². The first-order chi connectivity index (χ1) is 59.8. The van der Waals surface area contributed by atoms with Crippen molar-refractivity contribution in [3.05, 3.63) is 22.3 Å². The summed E-state index contributed by atoms with van der Waals surface area (Å²) in [7, 11) is -10.7. The zero-order valence-electron chi connectivity index (χ0n) is 70.5. The molecule has 12 saturated carbocycles. The van der Waals surface area contributed by atoms with Gasteiger partial charge in [0.15, 0.2) is 11.6 Å². The van der Waals surface area contributed by atoms with E-state index >= 15 is 14.4 Å². The molecule has 16 rings (SSSR count). The summed E-state index contributed by atoms with van der Waals surface area (Å²) in [6, 6.07) is -4.86. The van der Waals surface area contributed by atoms with Gasteiger partial charge in [-0.15, -0.1) is 13.0 Å². The molecule has 0 aromatic heterocycles. The number of carbonyl (C=O) groups is 6. The lowest BCUT2D eigenvalue weighted by Crippen LogP contribution is -2.78. The minimum Gasteiger partial charge on any atom is -0.338 e. The first-order valence-electron chi connectivity index (χ1n) is 45.5. The van der Waals surface area contributed by atoms with Gasteiger partial charge < -0.3 is 31.9 Å². The van der Waals surface area contributed by atoms with Gasteiger partial charge in [0, 0.05) is 163 Å². The van der Waals surface area contributed by atoms with Crippen LogP contribution in [0.2, 0.25) is 0 Å². The van der Waals surface area contributed by atoms with Gasteiger partial charge in [-0.1, -0.05) is 53.6 Å². The molecule has 704 valence electrons. The lowest BCUT2D eigenvalue weighted by Gasteiger charge is -2.57. The van der Waals surface area contributed by atoms with Gasteiger partial charge in [0.05, 0.1) is 26.9 Å². The number of ketones is 4. The Morgan fingerprint density at radius 1 is 0.408 bits per heavy atom. The van der Waals surface area contributed by atoms with E-state index in [2.05, 4.69) is 78.9 Å². The SMILES string of the molecule is CN1C(=O)C(C(=O)C2CCCC(S(=O)(=O)O)C2)=C2C3CCCCC3C(=O)C3C(NC4CC(NC5NC(N)NC(NC6CCC(CC7CCC(NC8NC(N)NC(NC9CC(NC%10CCC%11C%12C(=C(C(=O)C%13CCCC(SOOO)C%13)C(=O)N%11C)C%11CCCCC%11C(=O)C%10%12)C(S(=O)(=O)O)CC9SOOO)N8)CC7)CC6)N5)C(S(=O)(=O)O)CC4SOOO)CCC1C23. The van der Waals surface area contributed by atoms with E-state index < -0.39 is 196 Å². The lowest BCUT2D eigenvalue weighted by atomic mass is 9.52. The summed E-state index contributed by atoms with van der Waals surface area (Å²) in [6.45, 7) is 0. The van der Waals surface area contributed by atoms with E-state index in [0.717, 1.165) is 108 Å². The third kappa shape index (κ3) is 20.8. The zero-order chi connectivity index (χ0) is 88.2. The van der Waals surface area contributed by atoms with Crippen LogP contribution in [-0.2, 0) is 87.2 Å². The maximum Gasteiger partial charge on any atom is 0.269 e. The summed E-state index contributed by atoms with van der Waals surface area (Å²) >= 11 is 2.32. The Morgan fingerprint density at radius 3 is 1.24 bits per heavy atom. The number of amides is 2. The second kappa shape index (κ2) is 40.6. The van der Waals surface area contributed by atoms with Crippen LogP contribution < -0.4 is 75.3 Å². The number of nitrogens with zero attached hydrogens (tertiary/aromatic N) is 2. The predicted molar refractivity (Wildman–Crippen MR) is 455 cm³/mol. The number of carbonyl (C=O) groups excluding carboxylic acids is 6. The van der Waals surface area contributed by atoms with Gasteiger partial charge in [0.1, 0.15) is 59.8 Å². The molecule has 125 heavy (non-hydrogen) atoms. The summed E-state index contributed by atoms with van der Waals surface area (Å²) in [6.07, 6.45) is 15.0. The van der Waals surface area contributed by atoms with Gasteiger partial charge in [0.2, 0.25) is 0 Å². The average Bonchev–Trinajstić information content (AvgIpc) is 0.709. The van der Waals surface area contributed by atoms with Gasteiger partial charge >= 0.3 is 0 Å². The van der Waals surface area contributed by atoms with Crippen LogP contribution in [-0.4, -0.2) is 243 Å². The topological polar surface area (TPSA) is 584 Å². The lowest BCUT2D eigenvalue weighted by molar-refractivity contribution is -0.432. The second-order valence-corrected chi connectivity index (χ2v) is 46.6. The molecule has 30 atom stereocenters. The molecule has 2 amide bonds. The molecule has 46 heteroatoms. The normalized spacial score (nSPS) is 43.0. The van der Waals surface area contributed by atoms with Crippen molar-refractivity contribution < 1.29 is 112 Å². The third-order valence-electron chi connectivity index (χ3n) is 31.9. The van der Waals surface area contributed by atoms with E-state index in [4.69, 9.17) is 29.7 Å². The largest absolute Gasteiger partial charge is 0.338 e. The monoisotopic (exact) mass is 1880 g/mol. The quantitative estimate of drug-likeness (QED) is 0.0162. The number of rotatable bonds is 30. The highest BCUT2D eigenvalue weighted by molar-refractivity contribution is 7.95. The molecule has 22 N–H and O–H groups in total. The van der Waals surface area contributed by atoms with Gasteiger partial charge in [-0.25, -0.2) is 15.8 Å². The van der Waals surface area contributed by atoms with Crippen molar-refractivity contribution in [3.63, 3.8) is 0 Å². The second-order valence-electron chi connectivity index (χ2n) is 38.7. The molecule has 4 heterocycles. The van der Waals surface area contributed by atoms with Crippen LogP contribution in [0.5, 0.6) is 0 Å². The van der Waals surface area contributed by atoms with Crippen molar-refractivity contribution in [2.45, 2.75) is 342 Å². The molecule has 2 saturated heterocycles. The number of nitrogens with two attached hydrogens (primary N) is 2. The van der Waals surface area contributed by atoms with Gasteiger partial charge in [0.25, 0.3) is 42.2 Å². The van der Waals surface area contributed by atoms with Crippen LogP contribution in [0, 0.1) is 71.0 Å². The summed E-state index contributed by atoms with van der Waals surface area (Å²) < 4.78 is 126. The highest BCUT2D eigenvalue weighted by Crippen LogP contribution is 2.59. The minimum atomic E-state index is -4.78. The Kier molecular flexibility index (Phi) is 30.9. The van der Waals surface area contributed by atoms with Crippen LogP contribution in [0.4, 0.5) is 0 Å². The molecular formula is C79H128N16O24S6. The first kappa shape index (κ1) is 95.1. The Hall–Kier alpha value is -3.04. The summed E-state index contributed by atoms with van der Waals surface area (Å²) in [5.41, 5.74) is 14.9. The molecule has 0 spiro atoms. The van der Waals surface area contributed by atoms with E-state index in [1.165, 1.54) is 0 Å². The number of fused-ring (bicyclic) bond motifs is 4. The maximum atomic E-state index is 15.3.